The highest BCUT2D eigenvalue weighted by Crippen LogP contribution is 2.24. The molecule has 0 aliphatic carbocycles. The highest BCUT2D eigenvalue weighted by atomic mass is 19.4. The Morgan fingerprint density at radius 1 is 1.19 bits per heavy atom. The van der Waals surface area contributed by atoms with Crippen LogP contribution in [0.4, 0.5) is 13.2 Å². The summed E-state index contributed by atoms with van der Waals surface area (Å²) >= 11 is 0. The van der Waals surface area contributed by atoms with Gasteiger partial charge in [0, 0.05) is 19.7 Å². The van der Waals surface area contributed by atoms with E-state index in [1.54, 1.807) is 0 Å². The molecule has 0 saturated carbocycles. The van der Waals surface area contributed by atoms with Gasteiger partial charge in [0.05, 0.1) is 0 Å². The van der Waals surface area contributed by atoms with Gasteiger partial charge in [-0.2, -0.15) is 0 Å². The molecule has 0 fully saturated rings. The van der Waals surface area contributed by atoms with Crippen molar-refractivity contribution in [1.82, 2.24) is 19.1 Å². The van der Waals surface area contributed by atoms with Crippen LogP contribution in [0.2, 0.25) is 0 Å². The lowest BCUT2D eigenvalue weighted by Crippen LogP contribution is -2.36. The van der Waals surface area contributed by atoms with Crippen LogP contribution in [0.15, 0.2) is 33.9 Å². The Bertz CT molecular complexity index is 1140. The van der Waals surface area contributed by atoms with E-state index in [2.05, 4.69) is 14.7 Å². The van der Waals surface area contributed by atoms with Gasteiger partial charge in [0.15, 0.2) is 11.5 Å². The summed E-state index contributed by atoms with van der Waals surface area (Å²) in [5.74, 6) is -1.62. The number of imidazole rings is 1. The smallest absolute Gasteiger partial charge is 0.406 e. The van der Waals surface area contributed by atoms with Crippen LogP contribution < -0.4 is 16.0 Å². The summed E-state index contributed by atoms with van der Waals surface area (Å²) in [6.45, 7) is 0. The molecule has 8 nitrogen and oxygen atoms in total. The number of nitrogens with one attached hydrogen (secondary N) is 1. The van der Waals surface area contributed by atoms with Crippen LogP contribution in [-0.4, -0.2) is 31.2 Å². The van der Waals surface area contributed by atoms with Gasteiger partial charge in [0.25, 0.3) is 5.56 Å². The van der Waals surface area contributed by atoms with Gasteiger partial charge >= 0.3 is 12.1 Å². The first-order valence-electron chi connectivity index (χ1n) is 7.15. The van der Waals surface area contributed by atoms with Gasteiger partial charge in [-0.1, -0.05) is 12.1 Å². The number of aromatic nitrogens is 4. The fourth-order valence-corrected chi connectivity index (χ4v) is 2.40. The number of hydrogen-bond donors (Lipinski definition) is 1. The zero-order valence-corrected chi connectivity index (χ0v) is 13.4. The Kier molecular flexibility index (Phi) is 3.93. The average Bonchev–Trinajstić information content (AvgIpc) is 3.01. The minimum atomic E-state index is -4.90. The summed E-state index contributed by atoms with van der Waals surface area (Å²) < 4.78 is 42.6. The van der Waals surface area contributed by atoms with Crippen molar-refractivity contribution in [3.05, 3.63) is 56.5 Å². The van der Waals surface area contributed by atoms with E-state index in [0.29, 0.717) is 0 Å². The number of aromatic amines is 1. The fraction of sp³-hybridized carbons (Fsp3) is 0.200. The van der Waals surface area contributed by atoms with Crippen molar-refractivity contribution in [3.63, 3.8) is 0 Å². The van der Waals surface area contributed by atoms with Gasteiger partial charge in [0.1, 0.15) is 11.3 Å². The van der Waals surface area contributed by atoms with Crippen molar-refractivity contribution < 1.29 is 22.7 Å². The maximum Gasteiger partial charge on any atom is 0.573 e. The van der Waals surface area contributed by atoms with Crippen molar-refractivity contribution >= 4 is 16.9 Å². The van der Waals surface area contributed by atoms with E-state index in [1.807, 2.05) is 0 Å². The molecule has 136 valence electrons. The number of halogens is 3. The van der Waals surface area contributed by atoms with Crippen molar-refractivity contribution in [1.29, 1.82) is 0 Å². The van der Waals surface area contributed by atoms with Crippen molar-refractivity contribution in [2.24, 2.45) is 14.1 Å². The molecule has 0 saturated heterocycles. The van der Waals surface area contributed by atoms with Crippen molar-refractivity contribution in [2.75, 3.05) is 0 Å². The average molecular weight is 368 g/mol. The molecule has 0 unspecified atom stereocenters. The first-order valence-corrected chi connectivity index (χ1v) is 7.15. The van der Waals surface area contributed by atoms with Gasteiger partial charge in [-0.15, -0.1) is 13.2 Å². The van der Waals surface area contributed by atoms with E-state index in [9.17, 15) is 27.6 Å². The van der Waals surface area contributed by atoms with Gasteiger partial charge in [-0.05, 0) is 12.1 Å². The maximum absolute atomic E-state index is 12.5. The maximum atomic E-state index is 12.5. The molecule has 1 aromatic carbocycles. The summed E-state index contributed by atoms with van der Waals surface area (Å²) in [6.07, 6.45) is -4.90. The van der Waals surface area contributed by atoms with E-state index < -0.39 is 29.1 Å². The second kappa shape index (κ2) is 5.86. The third-order valence-electron chi connectivity index (χ3n) is 3.64. The number of benzene rings is 1. The highest BCUT2D eigenvalue weighted by Gasteiger charge is 2.31. The second-order valence-electron chi connectivity index (χ2n) is 5.39. The summed E-state index contributed by atoms with van der Waals surface area (Å²) in [7, 11) is 2.64. The van der Waals surface area contributed by atoms with Crippen LogP contribution in [0.1, 0.15) is 16.2 Å². The molecule has 11 heteroatoms. The standard InChI is InChI=1S/C15H11F3N4O4/c1-21-12-9(13(24)22(2)14(21)25)19-11(20-12)10(23)7-4-3-5-8(6-7)26-15(16,17)18/h3-6H,1-2H3,(H,19,20). The predicted molar refractivity (Wildman–Crippen MR) is 83.1 cm³/mol. The molecule has 1 N–H and O–H groups in total. The van der Waals surface area contributed by atoms with Crippen LogP contribution >= 0.6 is 0 Å². The van der Waals surface area contributed by atoms with E-state index >= 15 is 0 Å². The molecule has 0 bridgehead atoms. The molecule has 2 heterocycles. The molecule has 0 aliphatic heterocycles. The number of carbonyl (C=O) groups is 1. The first kappa shape index (κ1) is 17.5. The van der Waals surface area contributed by atoms with Crippen molar-refractivity contribution in [3.8, 4) is 5.75 Å². The number of ketones is 1. The van der Waals surface area contributed by atoms with Crippen molar-refractivity contribution in [2.45, 2.75) is 6.36 Å². The molecule has 3 aromatic rings. The molecule has 0 aliphatic rings. The first-order chi connectivity index (χ1) is 12.1. The van der Waals surface area contributed by atoms with Gasteiger partial charge in [-0.25, -0.2) is 9.78 Å². The summed E-state index contributed by atoms with van der Waals surface area (Å²) in [6, 6.07) is 4.43. The largest absolute Gasteiger partial charge is 0.573 e. The zero-order valence-electron chi connectivity index (χ0n) is 13.4. The molecule has 0 atom stereocenters. The number of hydrogen-bond acceptors (Lipinski definition) is 5. The fourth-order valence-electron chi connectivity index (χ4n) is 2.40. The Balaban J connectivity index is 2.08. The Labute approximate surface area is 142 Å². The molecule has 0 amide bonds. The minimum Gasteiger partial charge on any atom is -0.406 e. The Morgan fingerprint density at radius 2 is 1.88 bits per heavy atom. The molecule has 26 heavy (non-hydrogen) atoms. The van der Waals surface area contributed by atoms with Crippen LogP contribution in [-0.2, 0) is 14.1 Å². The highest BCUT2D eigenvalue weighted by molar-refractivity contribution is 6.07. The number of fused-ring (bicyclic) bond motifs is 1. The van der Waals surface area contributed by atoms with E-state index in [-0.39, 0.29) is 22.6 Å². The zero-order chi connectivity index (χ0) is 19.2. The summed E-state index contributed by atoms with van der Waals surface area (Å²) in [5, 5.41) is 0. The third-order valence-corrected chi connectivity index (χ3v) is 3.64. The third kappa shape index (κ3) is 2.98. The number of H-pyrrole nitrogens is 1. The molecule has 2 aromatic heterocycles. The summed E-state index contributed by atoms with van der Waals surface area (Å²) in [5.41, 5.74) is -1.55. The monoisotopic (exact) mass is 368 g/mol. The number of ether oxygens (including phenoxy) is 1. The van der Waals surface area contributed by atoms with E-state index in [4.69, 9.17) is 0 Å². The molecule has 3 rings (SSSR count). The Morgan fingerprint density at radius 3 is 2.54 bits per heavy atom. The topological polar surface area (TPSA) is 99.0 Å². The predicted octanol–water partition coefficient (Wildman–Crippen LogP) is 1.09. The number of nitrogens with zero attached hydrogens (tertiary/aromatic N) is 3. The normalized spacial score (nSPS) is 11.7. The van der Waals surface area contributed by atoms with Crippen LogP contribution in [0.5, 0.6) is 5.75 Å². The lowest BCUT2D eigenvalue weighted by Gasteiger charge is -2.09. The second-order valence-corrected chi connectivity index (χ2v) is 5.39. The van der Waals surface area contributed by atoms with E-state index in [0.717, 1.165) is 21.3 Å². The molecular formula is C15H11F3N4O4. The number of carbonyl (C=O) groups excluding carboxylic acids is 1. The molecule has 0 spiro atoms. The number of rotatable bonds is 3. The van der Waals surface area contributed by atoms with Gasteiger partial charge in [-0.3, -0.25) is 18.7 Å². The Hall–Kier alpha value is -3.37. The SMILES string of the molecule is Cn1c(=O)c2[nH]c(C(=O)c3cccc(OC(F)(F)F)c3)nc2n(C)c1=O. The summed E-state index contributed by atoms with van der Waals surface area (Å²) in [4.78, 5) is 43.0. The van der Waals surface area contributed by atoms with E-state index in [1.165, 1.54) is 26.2 Å². The van der Waals surface area contributed by atoms with Crippen LogP contribution in [0.25, 0.3) is 11.2 Å². The van der Waals surface area contributed by atoms with Gasteiger partial charge < -0.3 is 9.72 Å². The quantitative estimate of drug-likeness (QED) is 0.698. The number of aryl methyl sites for hydroxylation is 1. The lowest BCUT2D eigenvalue weighted by atomic mass is 10.1. The molecular weight excluding hydrogens is 357 g/mol. The minimum absolute atomic E-state index is 0.0378. The van der Waals surface area contributed by atoms with Crippen LogP contribution in [0.3, 0.4) is 0 Å². The lowest BCUT2D eigenvalue weighted by molar-refractivity contribution is -0.274. The molecule has 0 radical (unpaired) electrons. The van der Waals surface area contributed by atoms with Gasteiger partial charge in [0.2, 0.25) is 5.78 Å². The van der Waals surface area contributed by atoms with Crippen LogP contribution in [0, 0.1) is 0 Å². The number of alkyl halides is 3.